The highest BCUT2D eigenvalue weighted by atomic mass is 32.2. The lowest BCUT2D eigenvalue weighted by atomic mass is 10.0. The monoisotopic (exact) mass is 305 g/mol. The fraction of sp³-hybridized carbons (Fsp3) is 0.375. The van der Waals surface area contributed by atoms with Gasteiger partial charge in [-0.2, -0.15) is 0 Å². The third-order valence-corrected chi connectivity index (χ3v) is 5.95. The number of hydrogen-bond acceptors (Lipinski definition) is 4. The van der Waals surface area contributed by atoms with Crippen LogP contribution in [0.2, 0.25) is 0 Å². The second-order valence-electron chi connectivity index (χ2n) is 5.20. The molecule has 20 heavy (non-hydrogen) atoms. The highest BCUT2D eigenvalue weighted by molar-refractivity contribution is 8.01. The van der Waals surface area contributed by atoms with E-state index < -0.39 is 0 Å². The summed E-state index contributed by atoms with van der Waals surface area (Å²) >= 11 is 3.84. The van der Waals surface area contributed by atoms with Crippen molar-refractivity contribution in [1.82, 2.24) is 0 Å². The van der Waals surface area contributed by atoms with Crippen molar-refractivity contribution < 1.29 is 5.11 Å². The lowest BCUT2D eigenvalue weighted by molar-refractivity contribution is 0.299. The Kier molecular flexibility index (Phi) is 4.34. The first-order valence-corrected chi connectivity index (χ1v) is 8.72. The zero-order valence-corrected chi connectivity index (χ0v) is 13.1. The van der Waals surface area contributed by atoms with Gasteiger partial charge in [-0.1, -0.05) is 19.1 Å². The number of hydrogen-bond donors (Lipinski definition) is 2. The van der Waals surface area contributed by atoms with Gasteiger partial charge in [-0.25, -0.2) is 0 Å². The maximum Gasteiger partial charge on any atom is 0.0653 e. The molecule has 2 nitrogen and oxygen atoms in total. The van der Waals surface area contributed by atoms with Crippen LogP contribution < -0.4 is 5.32 Å². The minimum Gasteiger partial charge on any atom is -0.396 e. The van der Waals surface area contributed by atoms with Gasteiger partial charge in [0, 0.05) is 17.5 Å². The van der Waals surface area contributed by atoms with Crippen LogP contribution in [-0.4, -0.2) is 17.0 Å². The van der Waals surface area contributed by atoms with Crippen molar-refractivity contribution in [2.45, 2.75) is 35.3 Å². The number of fused-ring (bicyclic) bond motifs is 1. The van der Waals surface area contributed by atoms with Crippen LogP contribution in [0.4, 0.5) is 5.69 Å². The van der Waals surface area contributed by atoms with Crippen LogP contribution in [0.1, 0.15) is 30.5 Å². The predicted octanol–water partition coefficient (Wildman–Crippen LogP) is 4.32. The fourth-order valence-corrected chi connectivity index (χ4v) is 5.15. The number of aliphatic hydroxyl groups is 1. The third kappa shape index (κ3) is 3.03. The Bertz CT molecular complexity index is 564. The molecule has 1 aliphatic rings. The molecule has 0 bridgehead atoms. The molecule has 0 radical (unpaired) electrons. The van der Waals surface area contributed by atoms with Crippen molar-refractivity contribution in [3.63, 3.8) is 0 Å². The van der Waals surface area contributed by atoms with Gasteiger partial charge in [-0.05, 0) is 47.5 Å². The Morgan fingerprint density at radius 1 is 1.25 bits per heavy atom. The molecule has 4 heteroatoms. The van der Waals surface area contributed by atoms with Gasteiger partial charge in [0.15, 0.2) is 0 Å². The van der Waals surface area contributed by atoms with Gasteiger partial charge < -0.3 is 10.4 Å². The Hall–Kier alpha value is -0.970. The summed E-state index contributed by atoms with van der Waals surface area (Å²) in [5, 5.41) is 15.5. The van der Waals surface area contributed by atoms with E-state index in [1.54, 1.807) is 0 Å². The summed E-state index contributed by atoms with van der Waals surface area (Å²) in [5.74, 6) is 0. The van der Waals surface area contributed by atoms with Crippen LogP contribution in [0.5, 0.6) is 0 Å². The summed E-state index contributed by atoms with van der Waals surface area (Å²) in [6, 6.07) is 11.1. The quantitative estimate of drug-likeness (QED) is 0.882. The Labute approximate surface area is 128 Å². The minimum absolute atomic E-state index is 0.211. The molecule has 0 spiro atoms. The highest BCUT2D eigenvalue weighted by Crippen LogP contribution is 2.44. The van der Waals surface area contributed by atoms with Gasteiger partial charge in [0.1, 0.15) is 0 Å². The van der Waals surface area contributed by atoms with E-state index in [1.165, 1.54) is 15.3 Å². The summed E-state index contributed by atoms with van der Waals surface area (Å²) < 4.78 is 1.46. The molecular formula is C16H19NOS2. The molecule has 2 aromatic rings. The fourth-order valence-electron chi connectivity index (χ4n) is 2.58. The molecule has 1 unspecified atom stereocenters. The largest absolute Gasteiger partial charge is 0.396 e. The number of aliphatic hydroxyl groups excluding tert-OH is 1. The first-order chi connectivity index (χ1) is 9.76. The van der Waals surface area contributed by atoms with Crippen LogP contribution in [0.3, 0.4) is 0 Å². The Balaban J connectivity index is 1.75. The molecule has 0 amide bonds. The smallest absolute Gasteiger partial charge is 0.0653 e. The Morgan fingerprint density at radius 3 is 2.80 bits per heavy atom. The molecule has 2 N–H and O–H groups in total. The number of thioether (sulfide) groups is 1. The number of benzene rings is 1. The zero-order chi connectivity index (χ0) is 13.9. The van der Waals surface area contributed by atoms with E-state index in [-0.39, 0.29) is 6.61 Å². The standard InChI is InChI=1S/C16H19NOS2/c1-11-10-15(14-7-9-19-16(14)20-11)17-13-4-2-12(3-5-13)6-8-18/h2-5,7,9,11,15,17-18H,6,8,10H2,1H3/t11-,15?/m0/s1. The van der Waals surface area contributed by atoms with Crippen LogP contribution in [0.25, 0.3) is 0 Å². The Morgan fingerprint density at radius 2 is 2.05 bits per heavy atom. The molecule has 0 aliphatic carbocycles. The van der Waals surface area contributed by atoms with Crippen LogP contribution in [0.15, 0.2) is 39.9 Å². The van der Waals surface area contributed by atoms with Gasteiger partial charge in [-0.15, -0.1) is 23.1 Å². The first-order valence-electron chi connectivity index (χ1n) is 6.96. The first kappa shape index (κ1) is 14.0. The van der Waals surface area contributed by atoms with E-state index in [1.807, 2.05) is 23.1 Å². The van der Waals surface area contributed by atoms with Crippen molar-refractivity contribution in [3.05, 3.63) is 46.8 Å². The molecule has 0 saturated carbocycles. The molecule has 106 valence electrons. The van der Waals surface area contributed by atoms with Gasteiger partial charge in [0.2, 0.25) is 0 Å². The topological polar surface area (TPSA) is 32.3 Å². The second kappa shape index (κ2) is 6.20. The van der Waals surface area contributed by atoms with Crippen molar-refractivity contribution in [3.8, 4) is 0 Å². The summed E-state index contributed by atoms with van der Waals surface area (Å²) in [5.41, 5.74) is 3.78. The number of rotatable bonds is 4. The molecule has 1 aromatic carbocycles. The normalized spacial score (nSPS) is 21.5. The second-order valence-corrected chi connectivity index (χ2v) is 7.82. The number of thiophene rings is 1. The molecule has 0 saturated heterocycles. The van der Waals surface area contributed by atoms with Gasteiger partial charge >= 0.3 is 0 Å². The average Bonchev–Trinajstić information content (AvgIpc) is 2.89. The number of nitrogens with one attached hydrogen (secondary N) is 1. The summed E-state index contributed by atoms with van der Waals surface area (Å²) in [6.07, 6.45) is 1.89. The lowest BCUT2D eigenvalue weighted by Gasteiger charge is -2.28. The predicted molar refractivity (Wildman–Crippen MR) is 87.9 cm³/mol. The molecule has 0 fully saturated rings. The van der Waals surface area contributed by atoms with Crippen molar-refractivity contribution >= 4 is 28.8 Å². The summed E-state index contributed by atoms with van der Waals surface area (Å²) in [4.78, 5) is 0. The maximum absolute atomic E-state index is 8.95. The average molecular weight is 305 g/mol. The van der Waals surface area contributed by atoms with Gasteiger partial charge in [0.05, 0.1) is 10.3 Å². The van der Waals surface area contributed by atoms with Crippen LogP contribution >= 0.6 is 23.1 Å². The van der Waals surface area contributed by atoms with Gasteiger partial charge in [-0.3, -0.25) is 0 Å². The van der Waals surface area contributed by atoms with E-state index in [0.717, 1.165) is 18.5 Å². The van der Waals surface area contributed by atoms with E-state index in [4.69, 9.17) is 5.11 Å². The van der Waals surface area contributed by atoms with Crippen molar-refractivity contribution in [2.24, 2.45) is 0 Å². The minimum atomic E-state index is 0.211. The summed E-state index contributed by atoms with van der Waals surface area (Å²) in [6.45, 7) is 2.51. The molecule has 3 rings (SSSR count). The third-order valence-electron chi connectivity index (χ3n) is 3.60. The number of anilines is 1. The molecule has 1 aromatic heterocycles. The van der Waals surface area contributed by atoms with E-state index in [0.29, 0.717) is 11.3 Å². The van der Waals surface area contributed by atoms with Crippen molar-refractivity contribution in [1.29, 1.82) is 0 Å². The lowest BCUT2D eigenvalue weighted by Crippen LogP contribution is -2.18. The van der Waals surface area contributed by atoms with Crippen LogP contribution in [-0.2, 0) is 6.42 Å². The van der Waals surface area contributed by atoms with Crippen LogP contribution in [0, 0.1) is 0 Å². The molecule has 2 atom stereocenters. The summed E-state index contributed by atoms with van der Waals surface area (Å²) in [7, 11) is 0. The van der Waals surface area contributed by atoms with Gasteiger partial charge in [0.25, 0.3) is 0 Å². The zero-order valence-electron chi connectivity index (χ0n) is 11.5. The van der Waals surface area contributed by atoms with Crippen molar-refractivity contribution in [2.75, 3.05) is 11.9 Å². The highest BCUT2D eigenvalue weighted by Gasteiger charge is 2.26. The molecule has 1 aliphatic heterocycles. The maximum atomic E-state index is 8.95. The van der Waals surface area contributed by atoms with E-state index >= 15 is 0 Å². The molecule has 2 heterocycles. The molecular weight excluding hydrogens is 286 g/mol. The van der Waals surface area contributed by atoms with E-state index in [9.17, 15) is 0 Å². The SMILES string of the molecule is C[C@H]1CC(Nc2ccc(CCO)cc2)c2ccsc2S1. The van der Waals surface area contributed by atoms with E-state index in [2.05, 4.69) is 48.0 Å².